The molecule has 0 atom stereocenters. The summed E-state index contributed by atoms with van der Waals surface area (Å²) in [5.41, 5.74) is 1.43. The molecule has 1 heterocycles. The van der Waals surface area contributed by atoms with E-state index in [-0.39, 0.29) is 11.6 Å². The number of ether oxygens (including phenoxy) is 1. The number of nitrogens with zero attached hydrogens (tertiary/aromatic N) is 1. The second-order valence-electron chi connectivity index (χ2n) is 6.39. The van der Waals surface area contributed by atoms with Crippen LogP contribution in [0.3, 0.4) is 0 Å². The lowest BCUT2D eigenvalue weighted by Gasteiger charge is -2.15. The van der Waals surface area contributed by atoms with Crippen molar-refractivity contribution < 1.29 is 14.3 Å². The highest BCUT2D eigenvalue weighted by atomic mass is 35.5. The number of nitrogens with one attached hydrogen (secondary N) is 1. The van der Waals surface area contributed by atoms with E-state index in [0.29, 0.717) is 27.1 Å². The highest BCUT2D eigenvalue weighted by molar-refractivity contribution is 8.04. The summed E-state index contributed by atoms with van der Waals surface area (Å²) >= 11 is 7.20. The van der Waals surface area contributed by atoms with Gasteiger partial charge in [0.25, 0.3) is 11.8 Å². The van der Waals surface area contributed by atoms with E-state index in [0.717, 1.165) is 4.90 Å². The molecule has 0 saturated carbocycles. The van der Waals surface area contributed by atoms with E-state index in [1.54, 1.807) is 67.8 Å². The number of para-hydroxylation sites is 1. The SMILES string of the molecule is COc1ccc(NC2=C(Sc3ccc(Cl)cc3)C(=O)N(c3ccccc3)C2=O)cc1. The van der Waals surface area contributed by atoms with Gasteiger partial charge in [-0.1, -0.05) is 41.6 Å². The lowest BCUT2D eigenvalue weighted by Crippen LogP contribution is -2.32. The van der Waals surface area contributed by atoms with Crippen molar-refractivity contribution in [2.45, 2.75) is 4.90 Å². The van der Waals surface area contributed by atoms with Gasteiger partial charge in [0.05, 0.1) is 12.8 Å². The van der Waals surface area contributed by atoms with Crippen LogP contribution in [0.2, 0.25) is 5.02 Å². The summed E-state index contributed by atoms with van der Waals surface area (Å²) in [6.45, 7) is 0. The van der Waals surface area contributed by atoms with E-state index in [1.807, 2.05) is 18.2 Å². The number of rotatable bonds is 6. The topological polar surface area (TPSA) is 58.6 Å². The Morgan fingerprint density at radius 3 is 2.17 bits per heavy atom. The second kappa shape index (κ2) is 8.65. The van der Waals surface area contributed by atoms with Crippen LogP contribution in [0.1, 0.15) is 0 Å². The molecule has 3 aromatic carbocycles. The van der Waals surface area contributed by atoms with Gasteiger partial charge in [-0.2, -0.15) is 0 Å². The lowest BCUT2D eigenvalue weighted by atomic mass is 10.2. The first-order valence-corrected chi connectivity index (χ1v) is 10.3. The van der Waals surface area contributed by atoms with E-state index < -0.39 is 5.91 Å². The number of imide groups is 1. The van der Waals surface area contributed by atoms with Gasteiger partial charge in [0, 0.05) is 15.6 Å². The number of halogens is 1. The Bertz CT molecular complexity index is 1110. The number of anilines is 2. The van der Waals surface area contributed by atoms with Crippen LogP contribution in [0.4, 0.5) is 11.4 Å². The highest BCUT2D eigenvalue weighted by Gasteiger charge is 2.40. The maximum absolute atomic E-state index is 13.2. The van der Waals surface area contributed by atoms with Crippen molar-refractivity contribution >= 4 is 46.6 Å². The molecule has 2 amide bonds. The third kappa shape index (κ3) is 4.06. The fourth-order valence-corrected chi connectivity index (χ4v) is 4.02. The Balaban J connectivity index is 1.71. The minimum absolute atomic E-state index is 0.231. The Kier molecular flexibility index (Phi) is 5.79. The standard InChI is InChI=1S/C23H17ClN2O3S/c1-29-18-11-9-16(10-12-18)25-20-21(30-19-13-7-15(24)8-14-19)23(28)26(22(20)27)17-5-3-2-4-6-17/h2-14,25H,1H3. The van der Waals surface area contributed by atoms with Crippen molar-refractivity contribution in [2.75, 3.05) is 17.3 Å². The summed E-state index contributed by atoms with van der Waals surface area (Å²) in [5, 5.41) is 3.72. The van der Waals surface area contributed by atoms with Crippen molar-refractivity contribution in [1.29, 1.82) is 0 Å². The summed E-state index contributed by atoms with van der Waals surface area (Å²) < 4.78 is 5.18. The number of carbonyl (C=O) groups is 2. The molecule has 0 radical (unpaired) electrons. The number of hydrogen-bond donors (Lipinski definition) is 1. The van der Waals surface area contributed by atoms with Gasteiger partial charge in [-0.05, 0) is 60.7 Å². The Hall–Kier alpha value is -3.22. The van der Waals surface area contributed by atoms with Gasteiger partial charge >= 0.3 is 0 Å². The molecule has 1 N–H and O–H groups in total. The number of thioether (sulfide) groups is 1. The number of hydrogen-bond acceptors (Lipinski definition) is 5. The molecular formula is C23H17ClN2O3S. The first kappa shape index (κ1) is 20.1. The van der Waals surface area contributed by atoms with Crippen LogP contribution in [-0.2, 0) is 9.59 Å². The van der Waals surface area contributed by atoms with Gasteiger partial charge in [0.2, 0.25) is 0 Å². The number of benzene rings is 3. The molecule has 150 valence electrons. The van der Waals surface area contributed by atoms with Crippen LogP contribution in [0.15, 0.2) is 94.4 Å². The summed E-state index contributed by atoms with van der Waals surface area (Å²) in [5.74, 6) is -0.0781. The van der Waals surface area contributed by atoms with Gasteiger partial charge in [-0.25, -0.2) is 4.90 Å². The lowest BCUT2D eigenvalue weighted by molar-refractivity contribution is -0.120. The molecule has 0 unspecified atom stereocenters. The molecule has 0 fully saturated rings. The van der Waals surface area contributed by atoms with Crippen LogP contribution in [-0.4, -0.2) is 18.9 Å². The third-order valence-corrected chi connectivity index (χ3v) is 5.79. The number of amides is 2. The first-order valence-electron chi connectivity index (χ1n) is 9.09. The molecule has 0 spiro atoms. The van der Waals surface area contributed by atoms with E-state index in [1.165, 1.54) is 16.7 Å². The summed E-state index contributed by atoms with van der Waals surface area (Å²) in [7, 11) is 1.59. The maximum Gasteiger partial charge on any atom is 0.283 e. The molecular weight excluding hydrogens is 420 g/mol. The van der Waals surface area contributed by atoms with Crippen LogP contribution >= 0.6 is 23.4 Å². The highest BCUT2D eigenvalue weighted by Crippen LogP contribution is 2.38. The molecule has 0 saturated heterocycles. The normalized spacial score (nSPS) is 13.7. The smallest absolute Gasteiger partial charge is 0.283 e. The van der Waals surface area contributed by atoms with Crippen molar-refractivity contribution in [3.63, 3.8) is 0 Å². The van der Waals surface area contributed by atoms with Gasteiger partial charge in [0.15, 0.2) is 0 Å². The Morgan fingerprint density at radius 2 is 1.53 bits per heavy atom. The van der Waals surface area contributed by atoms with Crippen LogP contribution in [0.5, 0.6) is 5.75 Å². The number of carbonyl (C=O) groups excluding carboxylic acids is 2. The summed E-state index contributed by atoms with van der Waals surface area (Å²) in [6.07, 6.45) is 0. The molecule has 0 bridgehead atoms. The summed E-state index contributed by atoms with van der Waals surface area (Å²) in [4.78, 5) is 28.8. The average Bonchev–Trinajstić information content (AvgIpc) is 3.00. The molecule has 7 heteroatoms. The maximum atomic E-state index is 13.2. The minimum Gasteiger partial charge on any atom is -0.497 e. The average molecular weight is 437 g/mol. The van der Waals surface area contributed by atoms with E-state index in [2.05, 4.69) is 5.32 Å². The fraction of sp³-hybridized carbons (Fsp3) is 0.0435. The van der Waals surface area contributed by atoms with Crippen molar-refractivity contribution in [3.05, 3.63) is 94.5 Å². The van der Waals surface area contributed by atoms with Crippen molar-refractivity contribution in [1.82, 2.24) is 0 Å². The van der Waals surface area contributed by atoms with E-state index in [4.69, 9.17) is 16.3 Å². The van der Waals surface area contributed by atoms with Gasteiger partial charge in [0.1, 0.15) is 16.4 Å². The predicted molar refractivity (Wildman–Crippen MR) is 120 cm³/mol. The Labute approximate surface area is 183 Å². The van der Waals surface area contributed by atoms with Crippen LogP contribution in [0.25, 0.3) is 0 Å². The van der Waals surface area contributed by atoms with Gasteiger partial charge in [-0.15, -0.1) is 0 Å². The molecule has 30 heavy (non-hydrogen) atoms. The fourth-order valence-electron chi connectivity index (χ4n) is 2.97. The quantitative estimate of drug-likeness (QED) is 0.529. The monoisotopic (exact) mass is 436 g/mol. The molecule has 0 aliphatic carbocycles. The summed E-state index contributed by atoms with van der Waals surface area (Å²) in [6, 6.07) is 23.1. The van der Waals surface area contributed by atoms with Crippen molar-refractivity contribution in [2.24, 2.45) is 0 Å². The van der Waals surface area contributed by atoms with Crippen LogP contribution in [0, 0.1) is 0 Å². The largest absolute Gasteiger partial charge is 0.497 e. The zero-order valence-corrected chi connectivity index (χ0v) is 17.5. The Morgan fingerprint density at radius 1 is 0.867 bits per heavy atom. The van der Waals surface area contributed by atoms with Gasteiger partial charge < -0.3 is 10.1 Å². The first-order chi connectivity index (χ1) is 14.6. The van der Waals surface area contributed by atoms with E-state index >= 15 is 0 Å². The van der Waals surface area contributed by atoms with Crippen LogP contribution < -0.4 is 15.0 Å². The number of methoxy groups -OCH3 is 1. The molecule has 1 aliphatic rings. The molecule has 5 nitrogen and oxygen atoms in total. The van der Waals surface area contributed by atoms with Gasteiger partial charge in [-0.3, -0.25) is 9.59 Å². The van der Waals surface area contributed by atoms with Crippen molar-refractivity contribution in [3.8, 4) is 5.75 Å². The second-order valence-corrected chi connectivity index (χ2v) is 7.92. The molecule has 4 rings (SSSR count). The van der Waals surface area contributed by atoms with E-state index in [9.17, 15) is 9.59 Å². The third-order valence-electron chi connectivity index (χ3n) is 4.45. The molecule has 1 aliphatic heterocycles. The molecule has 0 aromatic heterocycles. The zero-order chi connectivity index (χ0) is 21.1. The zero-order valence-electron chi connectivity index (χ0n) is 16.0. The molecule has 3 aromatic rings. The predicted octanol–water partition coefficient (Wildman–Crippen LogP) is 5.34. The minimum atomic E-state index is -0.404.